The fourth-order valence-electron chi connectivity index (χ4n) is 2.17. The second-order valence-electron chi connectivity index (χ2n) is 5.12. The third kappa shape index (κ3) is 3.32. The highest BCUT2D eigenvalue weighted by atomic mass is 35.5. The van der Waals surface area contributed by atoms with Gasteiger partial charge in [0.2, 0.25) is 0 Å². The summed E-state index contributed by atoms with van der Waals surface area (Å²) in [5.41, 5.74) is 3.55. The minimum absolute atomic E-state index is 0.680. The largest absolute Gasteiger partial charge is 0.290 e. The van der Waals surface area contributed by atoms with Crippen LogP contribution >= 0.6 is 23.1 Å². The van der Waals surface area contributed by atoms with Crippen LogP contribution in [0.25, 0.3) is 0 Å². The number of benzene rings is 1. The van der Waals surface area contributed by atoms with Gasteiger partial charge in [0.25, 0.3) is 0 Å². The molecule has 1 aromatic carbocycles. The predicted octanol–water partition coefficient (Wildman–Crippen LogP) is 3.66. The summed E-state index contributed by atoms with van der Waals surface area (Å²) in [5.74, 6) is 0. The molecule has 19 heavy (non-hydrogen) atoms. The van der Waals surface area contributed by atoms with E-state index in [2.05, 4.69) is 45.7 Å². The molecule has 3 rings (SSSR count). The monoisotopic (exact) mass is 293 g/mol. The van der Waals surface area contributed by atoms with Crippen molar-refractivity contribution in [3.05, 3.63) is 45.4 Å². The Hall–Kier alpha value is -0.970. The van der Waals surface area contributed by atoms with Gasteiger partial charge in [0.05, 0.1) is 0 Å². The summed E-state index contributed by atoms with van der Waals surface area (Å²) in [6, 6.07) is 9.41. The first-order chi connectivity index (χ1) is 9.22. The number of halogens is 1. The van der Waals surface area contributed by atoms with E-state index in [1.54, 1.807) is 0 Å². The Morgan fingerprint density at radius 3 is 2.58 bits per heavy atom. The Bertz CT molecular complexity index is 548. The van der Waals surface area contributed by atoms with Gasteiger partial charge in [-0.25, -0.2) is 0 Å². The molecule has 0 saturated heterocycles. The van der Waals surface area contributed by atoms with Gasteiger partial charge in [-0.05, 0) is 25.3 Å². The van der Waals surface area contributed by atoms with Crippen molar-refractivity contribution in [2.45, 2.75) is 38.9 Å². The van der Waals surface area contributed by atoms with Crippen molar-refractivity contribution in [2.24, 2.45) is 0 Å². The number of aromatic nitrogens is 2. The molecule has 0 N–H and O–H groups in total. The number of rotatable bonds is 5. The summed E-state index contributed by atoms with van der Waals surface area (Å²) in [6.07, 6.45) is 2.56. The second-order valence-corrected chi connectivity index (χ2v) is 6.47. The van der Waals surface area contributed by atoms with Gasteiger partial charge < -0.3 is 0 Å². The highest BCUT2D eigenvalue weighted by Crippen LogP contribution is 2.31. The van der Waals surface area contributed by atoms with E-state index in [1.165, 1.54) is 35.5 Å². The summed E-state index contributed by atoms with van der Waals surface area (Å²) in [4.78, 5) is 2.45. The molecule has 0 amide bonds. The molecule has 0 unspecified atom stereocenters. The zero-order chi connectivity index (χ0) is 13.2. The first-order valence-electron chi connectivity index (χ1n) is 6.48. The van der Waals surface area contributed by atoms with Gasteiger partial charge in [-0.2, -0.15) is 0 Å². The van der Waals surface area contributed by atoms with Crippen LogP contribution in [0.2, 0.25) is 4.34 Å². The number of hydrogen-bond acceptors (Lipinski definition) is 4. The number of hydrogen-bond donors (Lipinski definition) is 0. The summed E-state index contributed by atoms with van der Waals surface area (Å²) in [7, 11) is 0. The van der Waals surface area contributed by atoms with Crippen LogP contribution in [-0.2, 0) is 13.1 Å². The van der Waals surface area contributed by atoms with Gasteiger partial charge in [0.1, 0.15) is 10.0 Å². The maximum absolute atomic E-state index is 6.10. The van der Waals surface area contributed by atoms with Crippen molar-refractivity contribution in [1.29, 1.82) is 0 Å². The Balaban J connectivity index is 1.71. The maximum Gasteiger partial charge on any atom is 0.138 e. The minimum atomic E-state index is 0.680. The molecule has 1 heterocycles. The third-order valence-electron chi connectivity index (χ3n) is 3.43. The molecular formula is C14H16ClN3S. The maximum atomic E-state index is 6.10. The highest BCUT2D eigenvalue weighted by molar-refractivity contribution is 7.10. The topological polar surface area (TPSA) is 29.0 Å². The predicted molar refractivity (Wildman–Crippen MR) is 78.4 cm³/mol. The second kappa shape index (κ2) is 5.57. The lowest BCUT2D eigenvalue weighted by molar-refractivity contribution is 0.243. The molecule has 1 fully saturated rings. The van der Waals surface area contributed by atoms with Gasteiger partial charge in [-0.15, -0.1) is 5.10 Å². The molecule has 100 valence electrons. The fourth-order valence-corrected chi connectivity index (χ4v) is 2.78. The van der Waals surface area contributed by atoms with Crippen molar-refractivity contribution in [3.63, 3.8) is 0 Å². The fraction of sp³-hybridized carbons (Fsp3) is 0.429. The molecule has 5 heteroatoms. The molecule has 0 bridgehead atoms. The van der Waals surface area contributed by atoms with Crippen molar-refractivity contribution >= 4 is 23.1 Å². The Morgan fingerprint density at radius 1 is 1.26 bits per heavy atom. The van der Waals surface area contributed by atoms with Crippen LogP contribution in [0.3, 0.4) is 0 Å². The molecule has 0 spiro atoms. The Labute approximate surface area is 122 Å². The number of aryl methyl sites for hydroxylation is 1. The first kappa shape index (κ1) is 13.0. The molecular weight excluding hydrogens is 278 g/mol. The van der Waals surface area contributed by atoms with Crippen molar-refractivity contribution in [2.75, 3.05) is 0 Å². The molecule has 1 aromatic heterocycles. The normalized spacial score (nSPS) is 15.1. The molecule has 1 saturated carbocycles. The first-order valence-corrected chi connectivity index (χ1v) is 7.64. The van der Waals surface area contributed by atoms with E-state index in [0.29, 0.717) is 6.04 Å². The summed E-state index contributed by atoms with van der Waals surface area (Å²) >= 11 is 7.36. The van der Waals surface area contributed by atoms with Crippen molar-refractivity contribution in [3.8, 4) is 0 Å². The molecule has 3 nitrogen and oxygen atoms in total. The van der Waals surface area contributed by atoms with Crippen LogP contribution in [0.4, 0.5) is 0 Å². The average molecular weight is 294 g/mol. The van der Waals surface area contributed by atoms with Gasteiger partial charge in [0.15, 0.2) is 0 Å². The number of nitrogens with zero attached hydrogens (tertiary/aromatic N) is 3. The summed E-state index contributed by atoms with van der Waals surface area (Å²) < 4.78 is 4.62. The molecule has 1 aliphatic rings. The molecule has 1 aliphatic carbocycles. The quantitative estimate of drug-likeness (QED) is 0.842. The third-order valence-corrected chi connectivity index (χ3v) is 4.42. The van der Waals surface area contributed by atoms with Crippen LogP contribution in [0, 0.1) is 6.92 Å². The van der Waals surface area contributed by atoms with Gasteiger partial charge in [-0.3, -0.25) is 4.90 Å². The van der Waals surface area contributed by atoms with Crippen molar-refractivity contribution in [1.82, 2.24) is 14.5 Å². The van der Waals surface area contributed by atoms with E-state index in [1.807, 2.05) is 0 Å². The van der Waals surface area contributed by atoms with Crippen molar-refractivity contribution < 1.29 is 0 Å². The zero-order valence-corrected chi connectivity index (χ0v) is 12.4. The van der Waals surface area contributed by atoms with Crippen LogP contribution in [0.15, 0.2) is 24.3 Å². The average Bonchev–Trinajstić information content (AvgIpc) is 3.17. The summed E-state index contributed by atoms with van der Waals surface area (Å²) in [6.45, 7) is 3.87. The lowest BCUT2D eigenvalue weighted by atomic mass is 10.1. The van der Waals surface area contributed by atoms with Crippen LogP contribution < -0.4 is 0 Å². The highest BCUT2D eigenvalue weighted by Gasteiger charge is 2.30. The van der Waals surface area contributed by atoms with E-state index >= 15 is 0 Å². The van der Waals surface area contributed by atoms with E-state index in [-0.39, 0.29) is 0 Å². The molecule has 0 radical (unpaired) electrons. The van der Waals surface area contributed by atoms with Crippen LogP contribution in [0.5, 0.6) is 0 Å². The van der Waals surface area contributed by atoms with Crippen LogP contribution in [-0.4, -0.2) is 20.5 Å². The molecule has 2 aromatic rings. The van der Waals surface area contributed by atoms with E-state index in [9.17, 15) is 0 Å². The standard InChI is InChI=1S/C14H16ClN3S/c1-10-2-4-11(5-3-10)8-18(12-6-7-12)9-13-14(15)19-17-16-13/h2-5,12H,6-9H2,1H3. The van der Waals surface area contributed by atoms with Gasteiger partial charge >= 0.3 is 0 Å². The smallest absolute Gasteiger partial charge is 0.138 e. The Kier molecular flexibility index (Phi) is 3.82. The van der Waals surface area contributed by atoms with E-state index in [0.717, 1.165) is 23.1 Å². The lowest BCUT2D eigenvalue weighted by Crippen LogP contribution is -2.25. The van der Waals surface area contributed by atoms with E-state index < -0.39 is 0 Å². The lowest BCUT2D eigenvalue weighted by Gasteiger charge is -2.21. The van der Waals surface area contributed by atoms with Gasteiger partial charge in [0, 0.05) is 30.7 Å². The SMILES string of the molecule is Cc1ccc(CN(Cc2nnsc2Cl)C2CC2)cc1. The van der Waals surface area contributed by atoms with Crippen LogP contribution in [0.1, 0.15) is 29.7 Å². The van der Waals surface area contributed by atoms with Gasteiger partial charge in [-0.1, -0.05) is 45.9 Å². The molecule has 0 aliphatic heterocycles. The Morgan fingerprint density at radius 2 is 2.00 bits per heavy atom. The minimum Gasteiger partial charge on any atom is -0.290 e. The summed E-state index contributed by atoms with van der Waals surface area (Å²) in [5, 5.41) is 4.12. The zero-order valence-electron chi connectivity index (χ0n) is 10.8. The van der Waals surface area contributed by atoms with E-state index in [4.69, 9.17) is 11.6 Å². The molecule has 0 atom stereocenters.